The summed E-state index contributed by atoms with van der Waals surface area (Å²) in [5.74, 6) is 0. The van der Waals surface area contributed by atoms with E-state index in [1.165, 1.54) is 5.56 Å². The van der Waals surface area contributed by atoms with Gasteiger partial charge >= 0.3 is 0 Å². The van der Waals surface area contributed by atoms with Crippen LogP contribution >= 0.6 is 27.5 Å². The predicted octanol–water partition coefficient (Wildman–Crippen LogP) is 3.63. The van der Waals surface area contributed by atoms with Gasteiger partial charge in [0.05, 0.1) is 0 Å². The highest BCUT2D eigenvalue weighted by atomic mass is 79.9. The van der Waals surface area contributed by atoms with E-state index in [1.807, 2.05) is 6.07 Å². The van der Waals surface area contributed by atoms with Crippen molar-refractivity contribution in [2.45, 2.75) is 25.9 Å². The molecule has 2 rings (SSSR count). The first kappa shape index (κ1) is 14.3. The number of halogens is 2. The third-order valence-electron chi connectivity index (χ3n) is 3.80. The normalized spacial score (nSPS) is 21.2. The van der Waals surface area contributed by atoms with Crippen LogP contribution in [0.15, 0.2) is 22.7 Å². The second kappa shape index (κ2) is 5.49. The smallest absolute Gasteiger partial charge is 0.0462 e. The Labute approximate surface area is 123 Å². The van der Waals surface area contributed by atoms with Gasteiger partial charge in [0, 0.05) is 41.2 Å². The molecule has 0 unspecified atom stereocenters. The average Bonchev–Trinajstić information content (AvgIpc) is 2.27. The lowest BCUT2D eigenvalue weighted by atomic mass is 9.99. The number of hydrogen-bond acceptors (Lipinski definition) is 2. The van der Waals surface area contributed by atoms with Gasteiger partial charge in [0.1, 0.15) is 0 Å². The van der Waals surface area contributed by atoms with Crippen molar-refractivity contribution in [3.05, 3.63) is 33.3 Å². The molecular formula is C14H20BrClN2. The molecule has 0 aromatic heterocycles. The molecule has 0 radical (unpaired) electrons. The number of nitrogens with zero attached hydrogens (tertiary/aromatic N) is 2. The largest absolute Gasteiger partial charge is 0.299 e. The Morgan fingerprint density at radius 1 is 1.33 bits per heavy atom. The monoisotopic (exact) mass is 330 g/mol. The zero-order valence-corrected chi connectivity index (χ0v) is 13.6. The van der Waals surface area contributed by atoms with Crippen LogP contribution in [0.1, 0.15) is 19.4 Å². The molecule has 1 aromatic rings. The third-order valence-corrected chi connectivity index (χ3v) is 4.65. The van der Waals surface area contributed by atoms with Crippen LogP contribution < -0.4 is 0 Å². The van der Waals surface area contributed by atoms with Gasteiger partial charge in [-0.2, -0.15) is 0 Å². The van der Waals surface area contributed by atoms with E-state index >= 15 is 0 Å². The Kier molecular flexibility index (Phi) is 4.37. The molecule has 1 aliphatic rings. The molecule has 0 bridgehead atoms. The molecule has 4 heteroatoms. The molecule has 0 saturated carbocycles. The van der Waals surface area contributed by atoms with Gasteiger partial charge in [0.2, 0.25) is 0 Å². The van der Waals surface area contributed by atoms with Crippen molar-refractivity contribution in [3.8, 4) is 0 Å². The van der Waals surface area contributed by atoms with Crippen LogP contribution in [0, 0.1) is 0 Å². The summed E-state index contributed by atoms with van der Waals surface area (Å²) in [7, 11) is 2.20. The van der Waals surface area contributed by atoms with Crippen LogP contribution in [0.25, 0.3) is 0 Å². The first-order valence-electron chi connectivity index (χ1n) is 6.26. The average molecular weight is 332 g/mol. The molecule has 1 aromatic carbocycles. The van der Waals surface area contributed by atoms with Crippen molar-refractivity contribution in [1.29, 1.82) is 0 Å². The van der Waals surface area contributed by atoms with E-state index in [9.17, 15) is 0 Å². The predicted molar refractivity (Wildman–Crippen MR) is 81.1 cm³/mol. The summed E-state index contributed by atoms with van der Waals surface area (Å²) in [5.41, 5.74) is 1.44. The van der Waals surface area contributed by atoms with E-state index in [4.69, 9.17) is 11.6 Å². The minimum atomic E-state index is 0.236. The number of likely N-dealkylation sites (N-methyl/N-ethyl adjacent to an activating group) is 1. The van der Waals surface area contributed by atoms with E-state index in [1.54, 1.807) is 0 Å². The molecule has 2 nitrogen and oxygen atoms in total. The van der Waals surface area contributed by atoms with Gasteiger partial charge in [-0.1, -0.05) is 33.6 Å². The molecule has 1 fully saturated rings. The van der Waals surface area contributed by atoms with E-state index in [-0.39, 0.29) is 5.54 Å². The highest BCUT2D eigenvalue weighted by Gasteiger charge is 2.30. The van der Waals surface area contributed by atoms with Crippen LogP contribution in [0.2, 0.25) is 5.02 Å². The Bertz CT molecular complexity index is 434. The summed E-state index contributed by atoms with van der Waals surface area (Å²) in [6.07, 6.45) is 0. The van der Waals surface area contributed by atoms with Gasteiger partial charge in [0.25, 0.3) is 0 Å². The molecule has 0 aliphatic carbocycles. The van der Waals surface area contributed by atoms with Gasteiger partial charge in [-0.05, 0) is 38.6 Å². The van der Waals surface area contributed by atoms with Crippen LogP contribution in [0.3, 0.4) is 0 Å². The third kappa shape index (κ3) is 3.27. The van der Waals surface area contributed by atoms with Crippen molar-refractivity contribution in [2.24, 2.45) is 0 Å². The Morgan fingerprint density at radius 3 is 2.67 bits per heavy atom. The van der Waals surface area contributed by atoms with Crippen molar-refractivity contribution in [1.82, 2.24) is 9.80 Å². The number of benzene rings is 1. The van der Waals surface area contributed by atoms with E-state index in [0.29, 0.717) is 0 Å². The second-order valence-electron chi connectivity index (χ2n) is 5.68. The first-order valence-corrected chi connectivity index (χ1v) is 7.43. The number of piperazine rings is 1. The van der Waals surface area contributed by atoms with Gasteiger partial charge in [-0.15, -0.1) is 0 Å². The number of rotatable bonds is 2. The van der Waals surface area contributed by atoms with Gasteiger partial charge in [0.15, 0.2) is 0 Å². The lowest BCUT2D eigenvalue weighted by Gasteiger charge is -2.45. The molecule has 100 valence electrons. The fraction of sp³-hybridized carbons (Fsp3) is 0.571. The van der Waals surface area contributed by atoms with Crippen LogP contribution in [0.5, 0.6) is 0 Å². The molecule has 0 atom stereocenters. The quantitative estimate of drug-likeness (QED) is 0.816. The van der Waals surface area contributed by atoms with Gasteiger partial charge in [-0.3, -0.25) is 9.80 Å². The van der Waals surface area contributed by atoms with Crippen molar-refractivity contribution >= 4 is 27.5 Å². The van der Waals surface area contributed by atoms with Gasteiger partial charge < -0.3 is 0 Å². The van der Waals surface area contributed by atoms with Gasteiger partial charge in [-0.25, -0.2) is 0 Å². The zero-order valence-electron chi connectivity index (χ0n) is 11.2. The molecule has 0 amide bonds. The fourth-order valence-corrected chi connectivity index (χ4v) is 3.10. The Morgan fingerprint density at radius 2 is 2.06 bits per heavy atom. The molecule has 18 heavy (non-hydrogen) atoms. The summed E-state index contributed by atoms with van der Waals surface area (Å²) in [6.45, 7) is 8.82. The zero-order chi connectivity index (χ0) is 13.3. The molecular weight excluding hydrogens is 312 g/mol. The standard InChI is InChI=1S/C14H20BrClN2/c1-14(2)10-18(7-6-17(14)3)9-11-4-5-12(15)8-13(11)16/h4-5,8H,6-7,9-10H2,1-3H3. The Hall–Kier alpha value is -0.0900. The molecule has 1 heterocycles. The summed E-state index contributed by atoms with van der Waals surface area (Å²) in [6, 6.07) is 6.14. The van der Waals surface area contributed by atoms with Crippen molar-refractivity contribution in [2.75, 3.05) is 26.7 Å². The minimum Gasteiger partial charge on any atom is -0.299 e. The van der Waals surface area contributed by atoms with Crippen LogP contribution in [-0.2, 0) is 6.54 Å². The highest BCUT2D eigenvalue weighted by Crippen LogP contribution is 2.25. The van der Waals surface area contributed by atoms with Crippen LogP contribution in [-0.4, -0.2) is 42.0 Å². The second-order valence-corrected chi connectivity index (χ2v) is 7.00. The minimum absolute atomic E-state index is 0.236. The highest BCUT2D eigenvalue weighted by molar-refractivity contribution is 9.10. The lowest BCUT2D eigenvalue weighted by Crippen LogP contribution is -2.57. The first-order chi connectivity index (χ1) is 8.38. The summed E-state index contributed by atoms with van der Waals surface area (Å²) >= 11 is 9.72. The maximum absolute atomic E-state index is 6.28. The lowest BCUT2D eigenvalue weighted by molar-refractivity contribution is 0.0360. The summed E-state index contributed by atoms with van der Waals surface area (Å²) in [4.78, 5) is 4.90. The SMILES string of the molecule is CN1CCN(Cc2ccc(Br)cc2Cl)CC1(C)C. The molecule has 0 spiro atoms. The molecule has 1 aliphatic heterocycles. The van der Waals surface area contributed by atoms with Crippen molar-refractivity contribution in [3.63, 3.8) is 0 Å². The summed E-state index contributed by atoms with van der Waals surface area (Å²) < 4.78 is 1.04. The van der Waals surface area contributed by atoms with E-state index < -0.39 is 0 Å². The van der Waals surface area contributed by atoms with E-state index in [0.717, 1.165) is 35.7 Å². The number of hydrogen-bond donors (Lipinski definition) is 0. The topological polar surface area (TPSA) is 6.48 Å². The molecule has 1 saturated heterocycles. The maximum atomic E-state index is 6.28. The van der Waals surface area contributed by atoms with Crippen LogP contribution in [0.4, 0.5) is 0 Å². The fourth-order valence-electron chi connectivity index (χ4n) is 2.37. The Balaban J connectivity index is 2.06. The van der Waals surface area contributed by atoms with E-state index in [2.05, 4.69) is 58.8 Å². The van der Waals surface area contributed by atoms with Crippen molar-refractivity contribution < 1.29 is 0 Å². The molecule has 0 N–H and O–H groups in total. The maximum Gasteiger partial charge on any atom is 0.0462 e. The summed E-state index contributed by atoms with van der Waals surface area (Å²) in [5, 5.41) is 0.848.